The summed E-state index contributed by atoms with van der Waals surface area (Å²) in [6.45, 7) is 1.60. The molecular weight excluding hydrogens is 254 g/mol. The Bertz CT molecular complexity index is 341. The first-order valence-electron chi connectivity index (χ1n) is 5.78. The highest BCUT2D eigenvalue weighted by molar-refractivity contribution is 5.87. The van der Waals surface area contributed by atoms with Crippen LogP contribution in [0, 0.1) is 0 Å². The fourth-order valence-electron chi connectivity index (χ4n) is 1.30. The Morgan fingerprint density at radius 3 is 2.37 bits per heavy atom. The first-order chi connectivity index (χ1) is 8.75. The minimum atomic E-state index is -1.38. The number of amides is 1. The number of nitrogens with two attached hydrogens (primary N) is 3. The lowest BCUT2D eigenvalue weighted by molar-refractivity contribution is -0.145. The zero-order valence-corrected chi connectivity index (χ0v) is 10.7. The van der Waals surface area contributed by atoms with E-state index in [1.807, 2.05) is 0 Å². The predicted molar refractivity (Wildman–Crippen MR) is 69.1 cm³/mol. The summed E-state index contributed by atoms with van der Waals surface area (Å²) in [4.78, 5) is 26.1. The van der Waals surface area contributed by atoms with Crippen molar-refractivity contribution in [1.29, 1.82) is 0 Å². The summed E-state index contributed by atoms with van der Waals surface area (Å²) in [6, 6.07) is -2.26. The number of aliphatic carboxylic acids is 1. The Balaban J connectivity index is 4.18. The van der Waals surface area contributed by atoms with E-state index in [9.17, 15) is 14.7 Å². The summed E-state index contributed by atoms with van der Waals surface area (Å²) >= 11 is 0. The van der Waals surface area contributed by atoms with Gasteiger partial charge in [0.15, 0.2) is 12.0 Å². The molecule has 0 aliphatic heterocycles. The molecule has 0 aliphatic rings. The van der Waals surface area contributed by atoms with Gasteiger partial charge in [-0.2, -0.15) is 0 Å². The van der Waals surface area contributed by atoms with E-state index < -0.39 is 30.1 Å². The van der Waals surface area contributed by atoms with Gasteiger partial charge in [0.2, 0.25) is 5.91 Å². The fraction of sp³-hybridized carbons (Fsp3) is 0.700. The second kappa shape index (κ2) is 8.27. The van der Waals surface area contributed by atoms with E-state index in [1.54, 1.807) is 0 Å². The molecule has 0 bridgehead atoms. The van der Waals surface area contributed by atoms with Gasteiger partial charge in [0, 0.05) is 6.54 Å². The molecule has 9 heteroatoms. The maximum Gasteiger partial charge on any atom is 0.328 e. The third-order valence-corrected chi connectivity index (χ3v) is 2.35. The Hall–Kier alpha value is -1.87. The second-order valence-electron chi connectivity index (χ2n) is 4.12. The van der Waals surface area contributed by atoms with Crippen LogP contribution in [0.15, 0.2) is 4.99 Å². The van der Waals surface area contributed by atoms with Gasteiger partial charge in [-0.05, 0) is 19.8 Å². The van der Waals surface area contributed by atoms with Gasteiger partial charge >= 0.3 is 5.97 Å². The van der Waals surface area contributed by atoms with E-state index in [0.29, 0.717) is 19.4 Å². The summed E-state index contributed by atoms with van der Waals surface area (Å²) in [5.74, 6) is -2.01. The number of carboxylic acids is 1. The van der Waals surface area contributed by atoms with Gasteiger partial charge in [-0.15, -0.1) is 0 Å². The van der Waals surface area contributed by atoms with Gasteiger partial charge in [0.05, 0.1) is 12.1 Å². The summed E-state index contributed by atoms with van der Waals surface area (Å²) in [7, 11) is 0. The first kappa shape index (κ1) is 17.1. The first-order valence-corrected chi connectivity index (χ1v) is 5.78. The number of rotatable bonds is 8. The number of nitrogens with zero attached hydrogens (tertiary/aromatic N) is 1. The SMILES string of the molecule is CC(O)C(NC(=O)C(N)CCCN=C(N)N)C(=O)O. The van der Waals surface area contributed by atoms with Gasteiger partial charge in [-0.25, -0.2) is 4.79 Å². The number of guanidine groups is 1. The van der Waals surface area contributed by atoms with E-state index >= 15 is 0 Å². The Morgan fingerprint density at radius 2 is 1.95 bits per heavy atom. The molecule has 0 saturated heterocycles. The van der Waals surface area contributed by atoms with Crippen LogP contribution in [0.1, 0.15) is 19.8 Å². The topological polar surface area (TPSA) is 177 Å². The predicted octanol–water partition coefficient (Wildman–Crippen LogP) is -2.68. The molecule has 9 N–H and O–H groups in total. The van der Waals surface area contributed by atoms with Crippen LogP contribution in [0.2, 0.25) is 0 Å². The molecule has 0 aromatic rings. The number of carbonyl (C=O) groups is 2. The molecule has 3 unspecified atom stereocenters. The molecule has 1 amide bonds. The Labute approximate surface area is 110 Å². The van der Waals surface area contributed by atoms with Crippen LogP contribution in [-0.2, 0) is 9.59 Å². The minimum Gasteiger partial charge on any atom is -0.480 e. The van der Waals surface area contributed by atoms with E-state index in [1.165, 1.54) is 6.92 Å². The van der Waals surface area contributed by atoms with Crippen molar-refractivity contribution in [3.05, 3.63) is 0 Å². The molecule has 0 fully saturated rings. The number of hydrogen-bond donors (Lipinski definition) is 6. The number of carbonyl (C=O) groups excluding carboxylic acids is 1. The van der Waals surface area contributed by atoms with Crippen molar-refractivity contribution < 1.29 is 19.8 Å². The Morgan fingerprint density at radius 1 is 1.37 bits per heavy atom. The smallest absolute Gasteiger partial charge is 0.328 e. The number of carboxylic acid groups (broad SMARTS) is 1. The van der Waals surface area contributed by atoms with Crippen molar-refractivity contribution in [2.24, 2.45) is 22.2 Å². The largest absolute Gasteiger partial charge is 0.480 e. The van der Waals surface area contributed by atoms with Crippen LogP contribution in [0.25, 0.3) is 0 Å². The number of aliphatic imine (C=N–C) groups is 1. The molecule has 9 nitrogen and oxygen atoms in total. The molecule has 0 aromatic carbocycles. The molecule has 110 valence electrons. The van der Waals surface area contributed by atoms with Crippen molar-refractivity contribution in [2.45, 2.75) is 38.0 Å². The van der Waals surface area contributed by atoms with Gasteiger partial charge < -0.3 is 32.7 Å². The molecule has 19 heavy (non-hydrogen) atoms. The van der Waals surface area contributed by atoms with Crippen LogP contribution in [0.3, 0.4) is 0 Å². The van der Waals surface area contributed by atoms with Crippen molar-refractivity contribution in [3.8, 4) is 0 Å². The number of aliphatic hydroxyl groups excluding tert-OH is 1. The summed E-state index contributed by atoms with van der Waals surface area (Å²) < 4.78 is 0. The quantitative estimate of drug-likeness (QED) is 0.159. The zero-order valence-electron chi connectivity index (χ0n) is 10.7. The molecule has 0 saturated carbocycles. The lowest BCUT2D eigenvalue weighted by Crippen LogP contribution is -2.52. The summed E-state index contributed by atoms with van der Waals surface area (Å²) in [6.07, 6.45) is -0.427. The summed E-state index contributed by atoms with van der Waals surface area (Å²) in [5.41, 5.74) is 15.8. The van der Waals surface area contributed by atoms with Crippen molar-refractivity contribution in [3.63, 3.8) is 0 Å². The molecule has 0 heterocycles. The van der Waals surface area contributed by atoms with Crippen LogP contribution < -0.4 is 22.5 Å². The zero-order chi connectivity index (χ0) is 15.0. The van der Waals surface area contributed by atoms with Crippen molar-refractivity contribution in [2.75, 3.05) is 6.54 Å². The third kappa shape index (κ3) is 7.21. The highest BCUT2D eigenvalue weighted by atomic mass is 16.4. The summed E-state index contributed by atoms with van der Waals surface area (Å²) in [5, 5.41) is 20.2. The molecule has 0 radical (unpaired) electrons. The molecule has 0 rings (SSSR count). The normalized spacial score (nSPS) is 15.1. The highest BCUT2D eigenvalue weighted by Crippen LogP contribution is 1.99. The lowest BCUT2D eigenvalue weighted by Gasteiger charge is -2.19. The second-order valence-corrected chi connectivity index (χ2v) is 4.12. The molecule has 0 aromatic heterocycles. The molecule has 3 atom stereocenters. The van der Waals surface area contributed by atoms with Gasteiger partial charge in [0.25, 0.3) is 0 Å². The fourth-order valence-corrected chi connectivity index (χ4v) is 1.30. The minimum absolute atomic E-state index is 0.0435. The molecule has 0 aliphatic carbocycles. The van der Waals surface area contributed by atoms with Gasteiger partial charge in [-0.3, -0.25) is 9.79 Å². The van der Waals surface area contributed by atoms with Crippen LogP contribution >= 0.6 is 0 Å². The number of aliphatic hydroxyl groups is 1. The standard InChI is InChI=1S/C10H21N5O4/c1-5(16)7(9(18)19)15-8(17)6(11)3-2-4-14-10(12)13/h5-7,16H,2-4,11H2,1H3,(H,15,17)(H,18,19)(H4,12,13,14). The van der Waals surface area contributed by atoms with E-state index in [-0.39, 0.29) is 5.96 Å². The third-order valence-electron chi connectivity index (χ3n) is 2.35. The maximum atomic E-state index is 11.6. The van der Waals surface area contributed by atoms with Crippen LogP contribution in [0.5, 0.6) is 0 Å². The lowest BCUT2D eigenvalue weighted by atomic mass is 10.1. The van der Waals surface area contributed by atoms with E-state index in [0.717, 1.165) is 0 Å². The van der Waals surface area contributed by atoms with Crippen molar-refractivity contribution >= 4 is 17.8 Å². The van der Waals surface area contributed by atoms with Gasteiger partial charge in [0.1, 0.15) is 0 Å². The van der Waals surface area contributed by atoms with Crippen molar-refractivity contribution in [1.82, 2.24) is 5.32 Å². The Kier molecular flexibility index (Phi) is 7.46. The van der Waals surface area contributed by atoms with Crippen LogP contribution in [-0.4, -0.2) is 52.8 Å². The average molecular weight is 275 g/mol. The monoisotopic (exact) mass is 275 g/mol. The van der Waals surface area contributed by atoms with E-state index in [2.05, 4.69) is 10.3 Å². The van der Waals surface area contributed by atoms with Crippen LogP contribution in [0.4, 0.5) is 0 Å². The number of nitrogens with one attached hydrogen (secondary N) is 1. The van der Waals surface area contributed by atoms with Gasteiger partial charge in [-0.1, -0.05) is 0 Å². The number of hydrogen-bond acceptors (Lipinski definition) is 5. The van der Waals surface area contributed by atoms with E-state index in [4.69, 9.17) is 22.3 Å². The maximum absolute atomic E-state index is 11.6. The molecular formula is C10H21N5O4. The molecule has 0 spiro atoms. The highest BCUT2D eigenvalue weighted by Gasteiger charge is 2.26. The average Bonchev–Trinajstić information content (AvgIpc) is 2.29.